The van der Waals surface area contributed by atoms with Crippen LogP contribution in [0.1, 0.15) is 16.5 Å². The van der Waals surface area contributed by atoms with Crippen LogP contribution in [-0.4, -0.2) is 54.6 Å². The summed E-state index contributed by atoms with van der Waals surface area (Å²) in [5.41, 5.74) is 0.568. The smallest absolute Gasteiger partial charge is 0.268 e. The molecule has 4 heterocycles. The molecule has 26 heavy (non-hydrogen) atoms. The third-order valence-electron chi connectivity index (χ3n) is 4.45. The van der Waals surface area contributed by atoms with Gasteiger partial charge in [0.05, 0.1) is 30.7 Å². The van der Waals surface area contributed by atoms with Gasteiger partial charge in [0, 0.05) is 32.5 Å². The average molecular weight is 356 g/mol. The molecule has 1 fully saturated rings. The average Bonchev–Trinajstić information content (AvgIpc) is 3.35. The Labute approximate surface area is 148 Å². The van der Waals surface area contributed by atoms with Crippen LogP contribution in [0.15, 0.2) is 43.1 Å². The standard InChI is InChI=1S/C16H17FN8O/c1-23-5-2-3-13(23)15(26)21-12-9-24(16-18-7-11(17)8-19-16)10-14(12)25-6-4-20-22-25/h2-8,12,14H,9-10H2,1H3,(H,21,26)/t12-,14+/m1/s1. The van der Waals surface area contributed by atoms with Crippen molar-refractivity contribution in [2.75, 3.05) is 18.0 Å². The maximum Gasteiger partial charge on any atom is 0.268 e. The molecule has 0 aliphatic carbocycles. The van der Waals surface area contributed by atoms with Gasteiger partial charge in [-0.25, -0.2) is 19.0 Å². The van der Waals surface area contributed by atoms with E-state index in [4.69, 9.17) is 0 Å². The Balaban J connectivity index is 1.57. The van der Waals surface area contributed by atoms with Crippen molar-refractivity contribution < 1.29 is 9.18 Å². The Bertz CT molecular complexity index is 891. The second-order valence-electron chi connectivity index (χ2n) is 6.14. The Hall–Kier alpha value is -3.30. The number of nitrogens with one attached hydrogen (secondary N) is 1. The number of aryl methyl sites for hydroxylation is 1. The summed E-state index contributed by atoms with van der Waals surface area (Å²) in [6.45, 7) is 0.999. The van der Waals surface area contributed by atoms with E-state index in [1.807, 2.05) is 24.2 Å². The number of carbonyl (C=O) groups excluding carboxylic acids is 1. The van der Waals surface area contributed by atoms with Gasteiger partial charge in [-0.2, -0.15) is 0 Å². The first-order chi connectivity index (χ1) is 12.6. The normalized spacial score (nSPS) is 19.7. The molecule has 3 aromatic rings. The second-order valence-corrected chi connectivity index (χ2v) is 6.14. The van der Waals surface area contributed by atoms with Gasteiger partial charge in [-0.15, -0.1) is 5.10 Å². The number of halogens is 1. The summed E-state index contributed by atoms with van der Waals surface area (Å²) in [6.07, 6.45) is 7.41. The van der Waals surface area contributed by atoms with Crippen LogP contribution in [0.3, 0.4) is 0 Å². The highest BCUT2D eigenvalue weighted by molar-refractivity contribution is 5.93. The number of carbonyl (C=O) groups is 1. The largest absolute Gasteiger partial charge is 0.347 e. The molecule has 134 valence electrons. The van der Waals surface area contributed by atoms with Crippen LogP contribution in [0.2, 0.25) is 0 Å². The first kappa shape index (κ1) is 16.2. The van der Waals surface area contributed by atoms with Crippen LogP contribution < -0.4 is 10.2 Å². The molecule has 0 spiro atoms. The van der Waals surface area contributed by atoms with E-state index >= 15 is 0 Å². The zero-order valence-corrected chi connectivity index (χ0v) is 14.0. The fourth-order valence-electron chi connectivity index (χ4n) is 3.16. The van der Waals surface area contributed by atoms with Gasteiger partial charge < -0.3 is 14.8 Å². The van der Waals surface area contributed by atoms with Crippen molar-refractivity contribution in [1.29, 1.82) is 0 Å². The second kappa shape index (κ2) is 6.54. The number of aromatic nitrogens is 6. The van der Waals surface area contributed by atoms with Crippen molar-refractivity contribution in [2.45, 2.75) is 12.1 Å². The lowest BCUT2D eigenvalue weighted by atomic mass is 10.1. The summed E-state index contributed by atoms with van der Waals surface area (Å²) < 4.78 is 16.6. The van der Waals surface area contributed by atoms with Crippen LogP contribution in [0.5, 0.6) is 0 Å². The van der Waals surface area contributed by atoms with Crippen LogP contribution in [0, 0.1) is 5.82 Å². The van der Waals surface area contributed by atoms with Crippen molar-refractivity contribution in [2.24, 2.45) is 7.05 Å². The molecule has 1 aliphatic rings. The summed E-state index contributed by atoms with van der Waals surface area (Å²) in [6, 6.07) is 3.20. The molecular weight excluding hydrogens is 339 g/mol. The molecular formula is C16H17FN8O. The van der Waals surface area contributed by atoms with Gasteiger partial charge in [0.2, 0.25) is 5.95 Å². The predicted octanol–water partition coefficient (Wildman–Crippen LogP) is 0.406. The number of hydrogen-bond donors (Lipinski definition) is 1. The molecule has 1 saturated heterocycles. The molecule has 0 saturated carbocycles. The quantitative estimate of drug-likeness (QED) is 0.728. The minimum absolute atomic E-state index is 0.143. The lowest BCUT2D eigenvalue weighted by Crippen LogP contribution is -2.42. The van der Waals surface area contributed by atoms with E-state index in [1.165, 1.54) is 0 Å². The topological polar surface area (TPSA) is 93.8 Å². The Morgan fingerprint density at radius 3 is 2.73 bits per heavy atom. The van der Waals surface area contributed by atoms with Gasteiger partial charge >= 0.3 is 0 Å². The number of anilines is 1. The van der Waals surface area contributed by atoms with Crippen molar-refractivity contribution in [3.63, 3.8) is 0 Å². The monoisotopic (exact) mass is 356 g/mol. The Morgan fingerprint density at radius 2 is 2.08 bits per heavy atom. The maximum absolute atomic E-state index is 13.1. The van der Waals surface area contributed by atoms with E-state index in [9.17, 15) is 9.18 Å². The van der Waals surface area contributed by atoms with E-state index in [-0.39, 0.29) is 18.0 Å². The molecule has 1 N–H and O–H groups in total. The van der Waals surface area contributed by atoms with E-state index in [1.54, 1.807) is 27.7 Å². The third kappa shape index (κ3) is 3.01. The summed E-state index contributed by atoms with van der Waals surface area (Å²) in [4.78, 5) is 22.6. The Morgan fingerprint density at radius 1 is 1.27 bits per heavy atom. The van der Waals surface area contributed by atoms with Gasteiger partial charge in [0.1, 0.15) is 5.69 Å². The molecule has 0 aromatic carbocycles. The van der Waals surface area contributed by atoms with Crippen LogP contribution in [0.25, 0.3) is 0 Å². The third-order valence-corrected chi connectivity index (χ3v) is 4.45. The van der Waals surface area contributed by atoms with Crippen molar-refractivity contribution in [1.82, 2.24) is 34.8 Å². The molecule has 10 heteroatoms. The lowest BCUT2D eigenvalue weighted by Gasteiger charge is -2.19. The molecule has 9 nitrogen and oxygen atoms in total. The van der Waals surface area contributed by atoms with Gasteiger partial charge in [-0.1, -0.05) is 5.21 Å². The highest BCUT2D eigenvalue weighted by Gasteiger charge is 2.37. The highest BCUT2D eigenvalue weighted by atomic mass is 19.1. The molecule has 3 aromatic heterocycles. The summed E-state index contributed by atoms with van der Waals surface area (Å²) >= 11 is 0. The number of hydrogen-bond acceptors (Lipinski definition) is 6. The van der Waals surface area contributed by atoms with Crippen LogP contribution in [-0.2, 0) is 7.05 Å². The first-order valence-electron chi connectivity index (χ1n) is 8.12. The summed E-state index contributed by atoms with van der Waals surface area (Å²) in [5.74, 6) is -0.254. The van der Waals surface area contributed by atoms with Gasteiger partial charge in [0.15, 0.2) is 5.82 Å². The zero-order valence-electron chi connectivity index (χ0n) is 14.0. The number of rotatable bonds is 4. The first-order valence-corrected chi connectivity index (χ1v) is 8.12. The minimum atomic E-state index is -0.491. The highest BCUT2D eigenvalue weighted by Crippen LogP contribution is 2.24. The van der Waals surface area contributed by atoms with Crippen LogP contribution in [0.4, 0.5) is 10.3 Å². The minimum Gasteiger partial charge on any atom is -0.347 e. The molecule has 1 aliphatic heterocycles. The zero-order chi connectivity index (χ0) is 18.1. The molecule has 2 atom stereocenters. The molecule has 4 rings (SSSR count). The summed E-state index contributed by atoms with van der Waals surface area (Å²) in [7, 11) is 1.82. The van der Waals surface area contributed by atoms with E-state index < -0.39 is 5.82 Å². The van der Waals surface area contributed by atoms with Gasteiger partial charge in [-0.3, -0.25) is 4.79 Å². The maximum atomic E-state index is 13.1. The predicted molar refractivity (Wildman–Crippen MR) is 89.9 cm³/mol. The van der Waals surface area contributed by atoms with E-state index in [0.29, 0.717) is 24.7 Å². The molecule has 0 bridgehead atoms. The molecule has 0 unspecified atom stereocenters. The van der Waals surface area contributed by atoms with E-state index in [0.717, 1.165) is 12.4 Å². The molecule has 0 radical (unpaired) electrons. The van der Waals surface area contributed by atoms with Crippen molar-refractivity contribution in [3.05, 3.63) is 54.6 Å². The van der Waals surface area contributed by atoms with Gasteiger partial charge in [0.25, 0.3) is 5.91 Å². The van der Waals surface area contributed by atoms with Crippen molar-refractivity contribution in [3.8, 4) is 0 Å². The SMILES string of the molecule is Cn1cccc1C(=O)N[C@@H]1CN(c2ncc(F)cn2)C[C@@H]1n1ccnn1. The van der Waals surface area contributed by atoms with Crippen LogP contribution >= 0.6 is 0 Å². The van der Waals surface area contributed by atoms with Crippen molar-refractivity contribution >= 4 is 11.9 Å². The molecule has 1 amide bonds. The number of nitrogens with zero attached hydrogens (tertiary/aromatic N) is 7. The number of amides is 1. The Kier molecular flexibility index (Phi) is 4.07. The fraction of sp³-hybridized carbons (Fsp3) is 0.312. The van der Waals surface area contributed by atoms with E-state index in [2.05, 4.69) is 25.6 Å². The van der Waals surface area contributed by atoms with Gasteiger partial charge in [-0.05, 0) is 12.1 Å². The fourth-order valence-corrected chi connectivity index (χ4v) is 3.16. The summed E-state index contributed by atoms with van der Waals surface area (Å²) in [5, 5.41) is 11.0. The lowest BCUT2D eigenvalue weighted by molar-refractivity contribution is 0.0923.